The number of nitrogens with zero attached hydrogens (tertiary/aromatic N) is 4. The Bertz CT molecular complexity index is 683. The van der Waals surface area contributed by atoms with E-state index in [1.54, 1.807) is 6.20 Å². The summed E-state index contributed by atoms with van der Waals surface area (Å²) < 4.78 is 1.94. The van der Waals surface area contributed by atoms with Crippen LogP contribution in [0.3, 0.4) is 0 Å². The summed E-state index contributed by atoms with van der Waals surface area (Å²) in [6, 6.07) is 11.8. The summed E-state index contributed by atoms with van der Waals surface area (Å²) in [6.45, 7) is 0. The first-order valence-corrected chi connectivity index (χ1v) is 7.79. The molecule has 0 saturated heterocycles. The number of halogens is 1. The van der Waals surface area contributed by atoms with Gasteiger partial charge in [0.15, 0.2) is 5.16 Å². The van der Waals surface area contributed by atoms with Gasteiger partial charge in [-0.3, -0.25) is 4.57 Å². The highest BCUT2D eigenvalue weighted by Crippen LogP contribution is 2.25. The van der Waals surface area contributed by atoms with Crippen molar-refractivity contribution in [1.82, 2.24) is 9.55 Å². The zero-order valence-corrected chi connectivity index (χ0v) is 12.8. The summed E-state index contributed by atoms with van der Waals surface area (Å²) in [7, 11) is 0. The fourth-order valence-corrected chi connectivity index (χ4v) is 3.03. The Balaban J connectivity index is 2.08. The maximum absolute atomic E-state index is 9.09. The van der Waals surface area contributed by atoms with Crippen LogP contribution in [-0.4, -0.2) is 15.3 Å². The van der Waals surface area contributed by atoms with Gasteiger partial charge in [-0.25, -0.2) is 4.98 Å². The molecule has 21 heavy (non-hydrogen) atoms. The normalized spacial score (nSPS) is 11.6. The van der Waals surface area contributed by atoms with Gasteiger partial charge < -0.3 is 0 Å². The molecule has 0 bridgehead atoms. The van der Waals surface area contributed by atoms with Gasteiger partial charge in [0.1, 0.15) is 0 Å². The van der Waals surface area contributed by atoms with Crippen molar-refractivity contribution in [3.63, 3.8) is 0 Å². The Morgan fingerprint density at radius 1 is 1.38 bits per heavy atom. The van der Waals surface area contributed by atoms with Crippen molar-refractivity contribution in [3.05, 3.63) is 41.7 Å². The predicted octanol–water partition coefficient (Wildman–Crippen LogP) is 4.06. The summed E-state index contributed by atoms with van der Waals surface area (Å²) in [5.74, 6) is 0.481. The molecule has 1 heterocycles. The molecule has 0 aliphatic rings. The number of hydrogen-bond donors (Lipinski definition) is 0. The highest BCUT2D eigenvalue weighted by Gasteiger charge is 2.11. The topological polar surface area (TPSA) is 65.4 Å². The fourth-order valence-electron chi connectivity index (χ4n) is 1.82. The van der Waals surface area contributed by atoms with Crippen LogP contribution in [-0.2, 0) is 0 Å². The Morgan fingerprint density at radius 2 is 2.24 bits per heavy atom. The molecule has 0 N–H and O–H groups in total. The molecule has 6 heteroatoms. The van der Waals surface area contributed by atoms with Crippen molar-refractivity contribution >= 4 is 23.4 Å². The molecule has 0 radical (unpaired) electrons. The lowest BCUT2D eigenvalue weighted by molar-refractivity contribution is 0.683. The molecule has 4 nitrogen and oxygen atoms in total. The number of benzene rings is 1. The van der Waals surface area contributed by atoms with Crippen molar-refractivity contribution < 1.29 is 0 Å². The highest BCUT2D eigenvalue weighted by atomic mass is 35.5. The quantitative estimate of drug-likeness (QED) is 0.754. The van der Waals surface area contributed by atoms with Crippen LogP contribution in [0.1, 0.15) is 12.8 Å². The smallest absolute Gasteiger partial charge is 0.172 e. The van der Waals surface area contributed by atoms with E-state index in [2.05, 4.69) is 17.1 Å². The molecule has 0 spiro atoms. The van der Waals surface area contributed by atoms with Crippen LogP contribution in [0.4, 0.5) is 0 Å². The Hall–Kier alpha value is -1.95. The third kappa shape index (κ3) is 4.26. The number of imidazole rings is 1. The Kier molecular flexibility index (Phi) is 5.68. The van der Waals surface area contributed by atoms with Crippen molar-refractivity contribution in [3.8, 4) is 17.8 Å². The van der Waals surface area contributed by atoms with Gasteiger partial charge in [0.05, 0.1) is 18.1 Å². The molecule has 1 atom stereocenters. The molecule has 2 rings (SSSR count). The minimum atomic E-state index is -0.140. The van der Waals surface area contributed by atoms with Crippen molar-refractivity contribution in [2.75, 3.05) is 5.75 Å². The van der Waals surface area contributed by atoms with Crippen LogP contribution in [0, 0.1) is 28.6 Å². The van der Waals surface area contributed by atoms with E-state index in [4.69, 9.17) is 22.1 Å². The van der Waals surface area contributed by atoms with E-state index < -0.39 is 0 Å². The standard InChI is InChI=1S/C15H13ClN4S/c16-13-4-1-5-14(9-13)20-8-7-19-15(20)21-11-12(10-18)3-2-6-17/h1,4-5,7-9,12H,2-3,11H2/t12-/m0/s1. The van der Waals surface area contributed by atoms with Crippen LogP contribution in [0.2, 0.25) is 5.02 Å². The Labute approximate surface area is 133 Å². The average molecular weight is 317 g/mol. The largest absolute Gasteiger partial charge is 0.295 e. The van der Waals surface area contributed by atoms with Gasteiger partial charge in [0.2, 0.25) is 0 Å². The van der Waals surface area contributed by atoms with Gasteiger partial charge in [-0.15, -0.1) is 0 Å². The van der Waals surface area contributed by atoms with E-state index in [0.717, 1.165) is 10.8 Å². The number of thioether (sulfide) groups is 1. The first-order valence-electron chi connectivity index (χ1n) is 6.43. The molecule has 0 aliphatic carbocycles. The molecule has 2 aromatic rings. The SMILES string of the molecule is N#CCC[C@@H](C#N)CSc1nccn1-c1cccc(Cl)c1. The molecule has 106 valence electrons. The average Bonchev–Trinajstić information content (AvgIpc) is 2.96. The summed E-state index contributed by atoms with van der Waals surface area (Å²) >= 11 is 7.52. The molecule has 1 aromatic carbocycles. The van der Waals surface area contributed by atoms with Gasteiger partial charge in [-0.2, -0.15) is 10.5 Å². The number of nitriles is 2. The van der Waals surface area contributed by atoms with Crippen molar-refractivity contribution in [2.45, 2.75) is 18.0 Å². The number of hydrogen-bond acceptors (Lipinski definition) is 4. The number of aromatic nitrogens is 2. The van der Waals surface area contributed by atoms with E-state index in [9.17, 15) is 0 Å². The lowest BCUT2D eigenvalue weighted by Gasteiger charge is -2.09. The third-order valence-electron chi connectivity index (χ3n) is 2.89. The summed E-state index contributed by atoms with van der Waals surface area (Å²) in [4.78, 5) is 4.32. The van der Waals surface area contributed by atoms with Crippen LogP contribution < -0.4 is 0 Å². The first kappa shape index (κ1) is 15.4. The van der Waals surface area contributed by atoms with E-state index in [-0.39, 0.29) is 5.92 Å². The van der Waals surface area contributed by atoms with Gasteiger partial charge in [0, 0.05) is 35.3 Å². The second kappa shape index (κ2) is 7.73. The van der Waals surface area contributed by atoms with Gasteiger partial charge in [-0.1, -0.05) is 29.4 Å². The summed E-state index contributed by atoms with van der Waals surface area (Å²) in [6.07, 6.45) is 4.59. The number of rotatable bonds is 6. The fraction of sp³-hybridized carbons (Fsp3) is 0.267. The second-order valence-electron chi connectivity index (χ2n) is 4.39. The zero-order chi connectivity index (χ0) is 15.1. The molecule has 0 fully saturated rings. The monoisotopic (exact) mass is 316 g/mol. The molecular formula is C15H13ClN4S. The molecule has 0 amide bonds. The van der Waals surface area contributed by atoms with Crippen molar-refractivity contribution in [1.29, 1.82) is 10.5 Å². The molecular weight excluding hydrogens is 304 g/mol. The van der Waals surface area contributed by atoms with Crippen LogP contribution in [0.25, 0.3) is 5.69 Å². The second-order valence-corrected chi connectivity index (χ2v) is 5.82. The lowest BCUT2D eigenvalue weighted by Crippen LogP contribution is -2.02. The summed E-state index contributed by atoms with van der Waals surface area (Å²) in [5.41, 5.74) is 0.938. The molecule has 0 aliphatic heterocycles. The first-order chi connectivity index (χ1) is 10.2. The lowest BCUT2D eigenvalue weighted by atomic mass is 10.1. The van der Waals surface area contributed by atoms with E-state index in [1.165, 1.54) is 11.8 Å². The van der Waals surface area contributed by atoms with Gasteiger partial charge >= 0.3 is 0 Å². The van der Waals surface area contributed by atoms with Gasteiger partial charge in [0.25, 0.3) is 0 Å². The predicted molar refractivity (Wildman–Crippen MR) is 83.2 cm³/mol. The maximum atomic E-state index is 9.09. The molecule has 1 aromatic heterocycles. The third-order valence-corrected chi connectivity index (χ3v) is 4.26. The molecule has 0 unspecified atom stereocenters. The van der Waals surface area contributed by atoms with E-state index >= 15 is 0 Å². The summed E-state index contributed by atoms with van der Waals surface area (Å²) in [5, 5.41) is 19.2. The highest BCUT2D eigenvalue weighted by molar-refractivity contribution is 7.99. The van der Waals surface area contributed by atoms with Gasteiger partial charge in [-0.05, 0) is 24.6 Å². The van der Waals surface area contributed by atoms with Crippen LogP contribution >= 0.6 is 23.4 Å². The Morgan fingerprint density at radius 3 is 2.95 bits per heavy atom. The van der Waals surface area contributed by atoms with Crippen LogP contribution in [0.5, 0.6) is 0 Å². The maximum Gasteiger partial charge on any atom is 0.172 e. The molecule has 0 saturated carbocycles. The minimum Gasteiger partial charge on any atom is -0.295 e. The minimum absolute atomic E-state index is 0.140. The van der Waals surface area contributed by atoms with E-state index in [0.29, 0.717) is 23.6 Å². The van der Waals surface area contributed by atoms with Crippen LogP contribution in [0.15, 0.2) is 41.8 Å². The van der Waals surface area contributed by atoms with Crippen molar-refractivity contribution in [2.24, 2.45) is 5.92 Å². The zero-order valence-electron chi connectivity index (χ0n) is 11.2. The van der Waals surface area contributed by atoms with E-state index in [1.807, 2.05) is 35.0 Å².